The molecule has 1 aliphatic heterocycles. The minimum absolute atomic E-state index is 0.0204. The van der Waals surface area contributed by atoms with Crippen LogP contribution >= 0.6 is 22.6 Å². The van der Waals surface area contributed by atoms with Crippen molar-refractivity contribution in [1.82, 2.24) is 9.80 Å². The maximum absolute atomic E-state index is 14.8. The molecule has 154 valence electrons. The lowest BCUT2D eigenvalue weighted by Gasteiger charge is -2.36. The summed E-state index contributed by atoms with van der Waals surface area (Å²) in [5.74, 6) is -3.80. The number of halogens is 4. The van der Waals surface area contributed by atoms with Crippen molar-refractivity contribution in [2.75, 3.05) is 38.5 Å². The van der Waals surface area contributed by atoms with E-state index in [9.17, 15) is 18.0 Å². The molecule has 8 heteroatoms. The molecule has 0 bridgehead atoms. The van der Waals surface area contributed by atoms with Gasteiger partial charge < -0.3 is 10.2 Å². The Morgan fingerprint density at radius 1 is 1.14 bits per heavy atom. The van der Waals surface area contributed by atoms with Gasteiger partial charge in [-0.1, -0.05) is 6.07 Å². The number of hydrogen-bond donors (Lipinski definition) is 1. The fraction of sp³-hybridized carbons (Fsp3) is 0.381. The number of carbonyl (C=O) groups is 1. The third-order valence-corrected chi connectivity index (χ3v) is 6.50. The van der Waals surface area contributed by atoms with E-state index in [2.05, 4.69) is 15.1 Å². The summed E-state index contributed by atoms with van der Waals surface area (Å²) in [5, 5.41) is 2.65. The van der Waals surface area contributed by atoms with Gasteiger partial charge in [0.15, 0.2) is 0 Å². The van der Waals surface area contributed by atoms with Crippen molar-refractivity contribution >= 4 is 34.2 Å². The highest BCUT2D eigenvalue weighted by Crippen LogP contribution is 2.50. The summed E-state index contributed by atoms with van der Waals surface area (Å²) in [6.07, 6.45) is -0.237. The maximum atomic E-state index is 14.8. The summed E-state index contributed by atoms with van der Waals surface area (Å²) in [6.45, 7) is 3.25. The van der Waals surface area contributed by atoms with Crippen LogP contribution in [0.15, 0.2) is 36.4 Å². The van der Waals surface area contributed by atoms with Crippen molar-refractivity contribution in [3.8, 4) is 0 Å². The predicted molar refractivity (Wildman–Crippen MR) is 114 cm³/mol. The number of likely N-dealkylation sites (N-methyl/N-ethyl adjacent to an activating group) is 1. The van der Waals surface area contributed by atoms with Crippen LogP contribution in [-0.2, 0) is 5.92 Å². The maximum Gasteiger partial charge on any atom is 0.275 e. The summed E-state index contributed by atoms with van der Waals surface area (Å²) in [4.78, 5) is 16.8. The first-order chi connectivity index (χ1) is 13.7. The van der Waals surface area contributed by atoms with E-state index in [1.807, 2.05) is 7.05 Å². The van der Waals surface area contributed by atoms with Crippen LogP contribution in [-0.4, -0.2) is 48.9 Å². The Morgan fingerprint density at radius 2 is 1.86 bits per heavy atom. The lowest BCUT2D eigenvalue weighted by molar-refractivity contribution is -0.0257. The molecule has 1 aliphatic carbocycles. The normalized spacial score (nSPS) is 21.8. The lowest BCUT2D eigenvalue weighted by atomic mass is 10.0. The van der Waals surface area contributed by atoms with Crippen molar-refractivity contribution in [3.63, 3.8) is 0 Å². The number of alkyl halides is 2. The van der Waals surface area contributed by atoms with Gasteiger partial charge in [-0.05, 0) is 65.5 Å². The number of nitrogens with zero attached hydrogens (tertiary/aromatic N) is 2. The third-order valence-electron chi connectivity index (χ3n) is 5.67. The number of fused-ring (bicyclic) bond motifs is 1. The molecule has 4 nitrogen and oxygen atoms in total. The standard InChI is InChI=1S/C21H21F3IN3O/c1-27-6-8-28(9-7-27)19-12-21(23,24)16-11-14(3-4-15(16)19)26-20(29)13-2-5-17(22)18(25)10-13/h2-5,10-11,19H,6-9,12H2,1H3,(H,26,29)/t19-/m1/s1. The van der Waals surface area contributed by atoms with E-state index in [0.717, 1.165) is 26.2 Å². The largest absolute Gasteiger partial charge is 0.322 e. The number of rotatable bonds is 3. The van der Waals surface area contributed by atoms with Gasteiger partial charge in [-0.2, -0.15) is 0 Å². The van der Waals surface area contributed by atoms with Crippen LogP contribution in [0.2, 0.25) is 0 Å². The first-order valence-corrected chi connectivity index (χ1v) is 10.5. The molecule has 0 saturated carbocycles. The number of amides is 1. The average Bonchev–Trinajstić information content (AvgIpc) is 2.95. The zero-order valence-corrected chi connectivity index (χ0v) is 18.0. The van der Waals surface area contributed by atoms with Crippen LogP contribution in [0.1, 0.15) is 33.9 Å². The van der Waals surface area contributed by atoms with Crippen LogP contribution in [0, 0.1) is 9.39 Å². The molecule has 0 unspecified atom stereocenters. The fourth-order valence-corrected chi connectivity index (χ4v) is 4.52. The molecule has 2 aliphatic rings. The predicted octanol–water partition coefficient (Wildman–Crippen LogP) is 4.47. The quantitative estimate of drug-likeness (QED) is 0.614. The minimum Gasteiger partial charge on any atom is -0.322 e. The van der Waals surface area contributed by atoms with Crippen molar-refractivity contribution in [2.45, 2.75) is 18.4 Å². The zero-order chi connectivity index (χ0) is 20.8. The lowest BCUT2D eigenvalue weighted by Crippen LogP contribution is -2.45. The molecule has 0 aromatic heterocycles. The van der Waals surface area contributed by atoms with E-state index in [0.29, 0.717) is 14.8 Å². The van der Waals surface area contributed by atoms with Crippen LogP contribution in [0.4, 0.5) is 18.9 Å². The summed E-state index contributed by atoms with van der Waals surface area (Å²) in [7, 11) is 2.03. The molecule has 1 fully saturated rings. The first-order valence-electron chi connectivity index (χ1n) is 9.46. The van der Waals surface area contributed by atoms with Gasteiger partial charge in [-0.25, -0.2) is 13.2 Å². The topological polar surface area (TPSA) is 35.6 Å². The number of anilines is 1. The third kappa shape index (κ3) is 4.15. The minimum atomic E-state index is -2.94. The highest BCUT2D eigenvalue weighted by atomic mass is 127. The highest BCUT2D eigenvalue weighted by Gasteiger charge is 2.47. The molecule has 1 amide bonds. The van der Waals surface area contributed by atoms with Crippen molar-refractivity contribution < 1.29 is 18.0 Å². The summed E-state index contributed by atoms with van der Waals surface area (Å²) in [6, 6.07) is 8.44. The highest BCUT2D eigenvalue weighted by molar-refractivity contribution is 14.1. The molecule has 1 N–H and O–H groups in total. The molecule has 1 heterocycles. The number of carbonyl (C=O) groups excluding carboxylic acids is 1. The van der Waals surface area contributed by atoms with Crippen molar-refractivity contribution in [2.24, 2.45) is 0 Å². The van der Waals surface area contributed by atoms with Gasteiger partial charge in [-0.15, -0.1) is 0 Å². The van der Waals surface area contributed by atoms with E-state index in [-0.39, 0.29) is 23.6 Å². The number of hydrogen-bond acceptors (Lipinski definition) is 3. The molecule has 1 saturated heterocycles. The Kier molecular flexibility index (Phi) is 5.60. The molecule has 0 spiro atoms. The van der Waals surface area contributed by atoms with E-state index in [4.69, 9.17) is 0 Å². The molecule has 2 aromatic rings. The summed E-state index contributed by atoms with van der Waals surface area (Å²) in [5.41, 5.74) is 1.20. The van der Waals surface area contributed by atoms with Gasteiger partial charge in [0.1, 0.15) is 5.82 Å². The molecule has 0 radical (unpaired) electrons. The second-order valence-corrected chi connectivity index (χ2v) is 8.81. The van der Waals surface area contributed by atoms with Crippen molar-refractivity contribution in [1.29, 1.82) is 0 Å². The number of piperazine rings is 1. The van der Waals surface area contributed by atoms with E-state index >= 15 is 0 Å². The number of nitrogens with one attached hydrogen (secondary N) is 1. The van der Waals surface area contributed by atoms with Crippen molar-refractivity contribution in [3.05, 3.63) is 62.5 Å². The Hall–Kier alpha value is -1.65. The summed E-state index contributed by atoms with van der Waals surface area (Å²) < 4.78 is 43.3. The second-order valence-electron chi connectivity index (χ2n) is 7.65. The molecule has 2 aromatic carbocycles. The van der Waals surface area contributed by atoms with Crippen LogP contribution in [0.3, 0.4) is 0 Å². The average molecular weight is 515 g/mol. The number of benzene rings is 2. The smallest absolute Gasteiger partial charge is 0.275 e. The van der Waals surface area contributed by atoms with E-state index in [1.165, 1.54) is 24.3 Å². The van der Waals surface area contributed by atoms with Crippen LogP contribution < -0.4 is 5.32 Å². The molecule has 4 rings (SSSR count). The monoisotopic (exact) mass is 515 g/mol. The first kappa shape index (κ1) is 20.6. The fourth-order valence-electron chi connectivity index (χ4n) is 4.00. The van der Waals surface area contributed by atoms with Crippen LogP contribution in [0.25, 0.3) is 0 Å². The van der Waals surface area contributed by atoms with Gasteiger partial charge in [-0.3, -0.25) is 9.69 Å². The van der Waals surface area contributed by atoms with Crippen LogP contribution in [0.5, 0.6) is 0 Å². The van der Waals surface area contributed by atoms with E-state index in [1.54, 1.807) is 34.7 Å². The van der Waals surface area contributed by atoms with Gasteiger partial charge >= 0.3 is 0 Å². The molecular formula is C21H21F3IN3O. The van der Waals surface area contributed by atoms with E-state index < -0.39 is 17.6 Å². The molecule has 1 atom stereocenters. The zero-order valence-electron chi connectivity index (χ0n) is 15.9. The Bertz CT molecular complexity index is 945. The summed E-state index contributed by atoms with van der Waals surface area (Å²) >= 11 is 1.81. The van der Waals surface area contributed by atoms with Gasteiger partial charge in [0.25, 0.3) is 11.8 Å². The second kappa shape index (κ2) is 7.88. The SMILES string of the molecule is CN1CCN([C@@H]2CC(F)(F)c3cc(NC(=O)c4ccc(F)c(I)c4)ccc32)CC1. The Labute approximate surface area is 181 Å². The molecular weight excluding hydrogens is 494 g/mol. The van der Waals surface area contributed by atoms with Gasteiger partial charge in [0.05, 0.1) is 0 Å². The Balaban J connectivity index is 1.56. The van der Waals surface area contributed by atoms with Gasteiger partial charge in [0.2, 0.25) is 0 Å². The molecule has 29 heavy (non-hydrogen) atoms. The Morgan fingerprint density at radius 3 is 2.55 bits per heavy atom. The van der Waals surface area contributed by atoms with Gasteiger partial charge in [0, 0.05) is 59.0 Å².